The first-order chi connectivity index (χ1) is 15.9. The van der Waals surface area contributed by atoms with Crippen LogP contribution < -0.4 is 0 Å². The molecule has 0 radical (unpaired) electrons. The molecule has 0 aromatic heterocycles. The van der Waals surface area contributed by atoms with E-state index in [-0.39, 0.29) is 65.4 Å². The van der Waals surface area contributed by atoms with Crippen molar-refractivity contribution in [3.05, 3.63) is 98.5 Å². The molecule has 0 N–H and O–H groups in total. The molecular formula is C34H58Y2. The number of benzene rings is 2. The molecule has 0 aliphatic carbocycles. The van der Waals surface area contributed by atoms with E-state index in [2.05, 4.69) is 67.5 Å². The molecule has 2 rings (SSSR count). The first-order valence-electron chi connectivity index (χ1n) is 12.9. The van der Waals surface area contributed by atoms with Gasteiger partial charge in [0.25, 0.3) is 0 Å². The number of hydrogen-bond acceptors (Lipinski definition) is 0. The van der Waals surface area contributed by atoms with Crippen LogP contribution in [0, 0.1) is 76.3 Å². The van der Waals surface area contributed by atoms with Crippen molar-refractivity contribution in [1.29, 1.82) is 0 Å². The predicted octanol–water partition coefficient (Wildman–Crippen LogP) is 11.1. The van der Waals surface area contributed by atoms with E-state index in [1.807, 2.05) is 103 Å². The zero-order valence-corrected chi connectivity index (χ0v) is 31.7. The van der Waals surface area contributed by atoms with Crippen molar-refractivity contribution < 1.29 is 65.4 Å². The minimum Gasteiger partial charge on any atom is -0.341 e. The van der Waals surface area contributed by atoms with Crippen LogP contribution in [-0.2, 0) is 65.4 Å². The molecule has 2 aromatic carbocycles. The Labute approximate surface area is 280 Å². The Balaban J connectivity index is -0.0000000763. The molecule has 0 spiro atoms. The quantitative estimate of drug-likeness (QED) is 0.291. The fraction of sp³-hybridized carbons (Fsp3) is 0.529. The van der Waals surface area contributed by atoms with Gasteiger partial charge >= 0.3 is 65.4 Å². The van der Waals surface area contributed by atoms with E-state index >= 15 is 0 Å². The predicted molar refractivity (Wildman–Crippen MR) is 159 cm³/mol. The zero-order chi connectivity index (χ0) is 27.4. The normalized spacial score (nSPS) is 10.2. The molecule has 0 saturated heterocycles. The van der Waals surface area contributed by atoms with Gasteiger partial charge in [-0.2, -0.15) is 111 Å². The van der Waals surface area contributed by atoms with Gasteiger partial charge in [0, 0.05) is 0 Å². The van der Waals surface area contributed by atoms with Crippen LogP contribution in [0.5, 0.6) is 0 Å². The molecule has 0 aliphatic heterocycles. The van der Waals surface area contributed by atoms with Gasteiger partial charge in [0.15, 0.2) is 0 Å². The smallest absolute Gasteiger partial charge is 0.341 e. The first-order valence-corrected chi connectivity index (χ1v) is 12.9. The van der Waals surface area contributed by atoms with Crippen molar-refractivity contribution in [2.75, 3.05) is 0 Å². The van der Waals surface area contributed by atoms with Gasteiger partial charge in [-0.3, -0.25) is 0 Å². The Morgan fingerprint density at radius 1 is 0.611 bits per heavy atom. The van der Waals surface area contributed by atoms with Crippen LogP contribution in [0.25, 0.3) is 0 Å². The molecule has 0 nitrogen and oxygen atoms in total. The van der Waals surface area contributed by atoms with E-state index in [9.17, 15) is 0 Å². The summed E-state index contributed by atoms with van der Waals surface area (Å²) in [5.41, 5.74) is 2.39. The van der Waals surface area contributed by atoms with Crippen molar-refractivity contribution in [3.8, 4) is 0 Å². The van der Waals surface area contributed by atoms with Crippen molar-refractivity contribution in [1.82, 2.24) is 0 Å². The fourth-order valence-electron chi connectivity index (χ4n) is 2.58. The van der Waals surface area contributed by atoms with Crippen LogP contribution >= 0.6 is 0 Å². The van der Waals surface area contributed by atoms with E-state index in [0.717, 1.165) is 11.8 Å². The third-order valence-electron chi connectivity index (χ3n) is 3.48. The summed E-state index contributed by atoms with van der Waals surface area (Å²) in [7, 11) is 0. The first kappa shape index (κ1) is 49.6. The molecule has 0 bridgehead atoms. The van der Waals surface area contributed by atoms with Gasteiger partial charge in [-0.1, -0.05) is 68.2 Å². The summed E-state index contributed by atoms with van der Waals surface area (Å²) >= 11 is 0. The van der Waals surface area contributed by atoms with Crippen LogP contribution in [-0.4, -0.2) is 0 Å². The van der Waals surface area contributed by atoms with Crippen molar-refractivity contribution in [2.24, 2.45) is 23.7 Å². The summed E-state index contributed by atoms with van der Waals surface area (Å²) in [5.74, 6) is 2.88. The second kappa shape index (κ2) is 40.1. The average molecular weight is 645 g/mol. The third-order valence-corrected chi connectivity index (χ3v) is 3.48. The number of rotatable bonds is 4. The van der Waals surface area contributed by atoms with E-state index in [1.165, 1.54) is 24.0 Å². The standard InChI is InChI=1S/2C7H7.2C7H15.2C3H7.2Y/c2*1-7-5-3-2-4-6-7;2*1-6(2)5-7(3)4;2*1-3-2;;/h2*2-5H,1H3;2*6-7H,1,5H2,2-4H3;2*3H,1-2H3;;/q6*-1;2*+3. The third kappa shape index (κ3) is 64.6. The van der Waals surface area contributed by atoms with Crippen molar-refractivity contribution in [2.45, 2.75) is 95.9 Å². The zero-order valence-electron chi connectivity index (χ0n) is 26.1. The summed E-state index contributed by atoms with van der Waals surface area (Å²) in [5, 5.41) is 0. The van der Waals surface area contributed by atoms with Crippen LogP contribution in [0.15, 0.2) is 48.5 Å². The van der Waals surface area contributed by atoms with Gasteiger partial charge < -0.3 is 26.7 Å². The Morgan fingerprint density at radius 2 is 0.861 bits per heavy atom. The Hall–Kier alpha value is 0.648. The van der Waals surface area contributed by atoms with Crippen LogP contribution in [0.2, 0.25) is 0 Å². The average Bonchev–Trinajstić information content (AvgIpc) is 2.70. The molecular weight excluding hydrogens is 586 g/mol. The van der Waals surface area contributed by atoms with Crippen LogP contribution in [0.1, 0.15) is 93.2 Å². The molecule has 0 fully saturated rings. The Morgan fingerprint density at radius 3 is 0.917 bits per heavy atom. The van der Waals surface area contributed by atoms with Gasteiger partial charge in [0.1, 0.15) is 0 Å². The van der Waals surface area contributed by atoms with E-state index in [0.29, 0.717) is 11.8 Å². The second-order valence-corrected chi connectivity index (χ2v) is 9.72. The van der Waals surface area contributed by atoms with Crippen LogP contribution in [0.3, 0.4) is 0 Å². The maximum atomic E-state index is 3.88. The van der Waals surface area contributed by atoms with Gasteiger partial charge in [0.05, 0.1) is 0 Å². The van der Waals surface area contributed by atoms with Crippen molar-refractivity contribution >= 4 is 0 Å². The number of hydrogen-bond donors (Lipinski definition) is 0. The minimum absolute atomic E-state index is 0. The van der Waals surface area contributed by atoms with Crippen molar-refractivity contribution in [3.63, 3.8) is 0 Å². The molecule has 2 aromatic rings. The van der Waals surface area contributed by atoms with Crippen LogP contribution in [0.4, 0.5) is 0 Å². The van der Waals surface area contributed by atoms with Gasteiger partial charge in [-0.25, -0.2) is 0 Å². The van der Waals surface area contributed by atoms with Gasteiger partial charge in [-0.05, 0) is 11.8 Å². The van der Waals surface area contributed by atoms with Gasteiger partial charge in [-0.15, -0.1) is 0 Å². The van der Waals surface area contributed by atoms with E-state index < -0.39 is 0 Å². The maximum Gasteiger partial charge on any atom is 3.00 e. The second-order valence-electron chi connectivity index (χ2n) is 9.72. The SMILES string of the molecule is C[CH-]C.C[CH-]C.Cc1[c-]cccc1.Cc1[c-]cccc1.[CH2-]C(C)CC(C)C.[CH2-]C(C)CC(C)C.[Y+3].[Y+3]. The molecule has 2 atom stereocenters. The van der Waals surface area contributed by atoms with E-state index in [1.54, 1.807) is 0 Å². The monoisotopic (exact) mass is 644 g/mol. The van der Waals surface area contributed by atoms with Gasteiger partial charge in [0.2, 0.25) is 0 Å². The molecule has 0 aliphatic rings. The Bertz CT molecular complexity index is 495. The molecule has 2 heteroatoms. The topological polar surface area (TPSA) is 0 Å². The summed E-state index contributed by atoms with van der Waals surface area (Å²) in [6, 6.07) is 21.9. The molecule has 2 unspecified atom stereocenters. The Kier molecular flexibility index (Phi) is 55.3. The van der Waals surface area contributed by atoms with E-state index in [4.69, 9.17) is 0 Å². The molecule has 0 heterocycles. The summed E-state index contributed by atoms with van der Waals surface area (Å²) < 4.78 is 0. The summed E-state index contributed by atoms with van der Waals surface area (Å²) in [6.07, 6.45) is 6.50. The molecule has 0 saturated carbocycles. The minimum atomic E-state index is 0. The number of aryl methyl sites for hydroxylation is 2. The molecule has 0 amide bonds. The largest absolute Gasteiger partial charge is 3.00 e. The summed E-state index contributed by atoms with van der Waals surface area (Å²) in [6.45, 7) is 33.0. The molecule has 200 valence electrons. The molecule has 36 heavy (non-hydrogen) atoms. The summed E-state index contributed by atoms with van der Waals surface area (Å²) in [4.78, 5) is 0. The fourth-order valence-corrected chi connectivity index (χ4v) is 2.58. The maximum absolute atomic E-state index is 3.88.